The average Bonchev–Trinajstić information content (AvgIpc) is 2.87. The first-order valence-electron chi connectivity index (χ1n) is 5.37. The van der Waals surface area contributed by atoms with E-state index < -0.39 is 0 Å². The van der Waals surface area contributed by atoms with E-state index >= 15 is 0 Å². The third-order valence-corrected chi connectivity index (χ3v) is 2.35. The number of aryl methyl sites for hydroxylation is 1. The molecule has 0 atom stereocenters. The van der Waals surface area contributed by atoms with Crippen molar-refractivity contribution in [1.29, 1.82) is 0 Å². The van der Waals surface area contributed by atoms with Crippen LogP contribution in [-0.2, 0) is 6.54 Å². The van der Waals surface area contributed by atoms with E-state index in [1.54, 1.807) is 6.20 Å². The van der Waals surface area contributed by atoms with E-state index in [1.165, 1.54) is 12.8 Å². The maximum atomic E-state index is 5.69. The van der Waals surface area contributed by atoms with Gasteiger partial charge in [0, 0.05) is 31.5 Å². The molecule has 3 N–H and O–H groups in total. The number of hydrogen-bond donors (Lipinski definition) is 2. The number of guanidine groups is 1. The van der Waals surface area contributed by atoms with Gasteiger partial charge in [0.1, 0.15) is 0 Å². The summed E-state index contributed by atoms with van der Waals surface area (Å²) in [7, 11) is 0. The van der Waals surface area contributed by atoms with Gasteiger partial charge in [0.25, 0.3) is 0 Å². The van der Waals surface area contributed by atoms with Gasteiger partial charge in [-0.3, -0.25) is 4.99 Å². The molecule has 16 heavy (non-hydrogen) atoms. The average molecular weight is 335 g/mol. The Kier molecular flexibility index (Phi) is 5.58. The Bertz CT molecular complexity index is 318. The number of aliphatic imine (C=N–C) groups is 1. The lowest BCUT2D eigenvalue weighted by Crippen LogP contribution is -2.33. The van der Waals surface area contributed by atoms with Crippen LogP contribution in [0.4, 0.5) is 0 Å². The van der Waals surface area contributed by atoms with Gasteiger partial charge in [0.15, 0.2) is 5.96 Å². The summed E-state index contributed by atoms with van der Waals surface area (Å²) in [6.45, 7) is 1.71. The first-order chi connectivity index (χ1) is 7.34. The number of hydrogen-bond acceptors (Lipinski definition) is 2. The molecule has 0 saturated heterocycles. The van der Waals surface area contributed by atoms with Crippen LogP contribution in [0.15, 0.2) is 23.7 Å². The topological polar surface area (TPSA) is 68.2 Å². The number of halogens is 1. The zero-order chi connectivity index (χ0) is 10.5. The standard InChI is InChI=1S/C10H17N5.HI/c11-10(14-9-2-3-9)13-4-1-6-15-7-5-12-8-15;/h5,7-9H,1-4,6H2,(H3,11,13,14);1H. The number of nitrogens with one attached hydrogen (secondary N) is 1. The summed E-state index contributed by atoms with van der Waals surface area (Å²) in [4.78, 5) is 8.23. The molecule has 1 heterocycles. The van der Waals surface area contributed by atoms with Gasteiger partial charge >= 0.3 is 0 Å². The first kappa shape index (κ1) is 13.3. The van der Waals surface area contributed by atoms with Gasteiger partial charge in [0.2, 0.25) is 0 Å². The second-order valence-electron chi connectivity index (χ2n) is 3.84. The summed E-state index contributed by atoms with van der Waals surface area (Å²) < 4.78 is 2.04. The van der Waals surface area contributed by atoms with Crippen LogP contribution in [-0.4, -0.2) is 28.1 Å². The number of rotatable bonds is 5. The van der Waals surface area contributed by atoms with Crippen molar-refractivity contribution in [2.45, 2.75) is 31.8 Å². The molecule has 2 rings (SSSR count). The third kappa shape index (κ3) is 4.82. The summed E-state index contributed by atoms with van der Waals surface area (Å²) in [5.74, 6) is 0.586. The lowest BCUT2D eigenvalue weighted by Gasteiger charge is -2.03. The van der Waals surface area contributed by atoms with E-state index in [2.05, 4.69) is 15.3 Å². The Morgan fingerprint density at radius 2 is 2.38 bits per heavy atom. The molecule has 90 valence electrons. The van der Waals surface area contributed by atoms with Gasteiger partial charge in [-0.2, -0.15) is 0 Å². The minimum Gasteiger partial charge on any atom is -0.370 e. The molecular weight excluding hydrogens is 317 g/mol. The second kappa shape index (κ2) is 6.72. The van der Waals surface area contributed by atoms with Crippen molar-refractivity contribution in [1.82, 2.24) is 14.9 Å². The molecule has 0 amide bonds. The smallest absolute Gasteiger partial charge is 0.188 e. The maximum Gasteiger partial charge on any atom is 0.188 e. The molecular formula is C10H18IN5. The summed E-state index contributed by atoms with van der Waals surface area (Å²) in [6.07, 6.45) is 9.00. The zero-order valence-electron chi connectivity index (χ0n) is 9.17. The van der Waals surface area contributed by atoms with Crippen molar-refractivity contribution in [3.63, 3.8) is 0 Å². The molecule has 0 aromatic carbocycles. The molecule has 0 bridgehead atoms. The summed E-state index contributed by atoms with van der Waals surface area (Å²) in [5.41, 5.74) is 5.69. The van der Waals surface area contributed by atoms with Crippen LogP contribution in [0.3, 0.4) is 0 Å². The van der Waals surface area contributed by atoms with Gasteiger partial charge in [-0.05, 0) is 19.3 Å². The summed E-state index contributed by atoms with van der Waals surface area (Å²) in [5, 5.41) is 3.16. The Morgan fingerprint density at radius 3 is 3.00 bits per heavy atom. The van der Waals surface area contributed by atoms with Crippen LogP contribution in [0.25, 0.3) is 0 Å². The fourth-order valence-electron chi connectivity index (χ4n) is 1.35. The maximum absolute atomic E-state index is 5.69. The lowest BCUT2D eigenvalue weighted by molar-refractivity contribution is 0.649. The van der Waals surface area contributed by atoms with Crippen molar-refractivity contribution < 1.29 is 0 Å². The number of imidazole rings is 1. The van der Waals surface area contributed by atoms with Gasteiger partial charge in [-0.25, -0.2) is 4.98 Å². The molecule has 0 spiro atoms. The van der Waals surface area contributed by atoms with Crippen molar-refractivity contribution in [3.05, 3.63) is 18.7 Å². The Labute approximate surface area is 113 Å². The highest BCUT2D eigenvalue weighted by molar-refractivity contribution is 14.0. The fourth-order valence-corrected chi connectivity index (χ4v) is 1.35. The van der Waals surface area contributed by atoms with Crippen molar-refractivity contribution in [2.24, 2.45) is 10.7 Å². The Hall–Kier alpha value is -0.790. The lowest BCUT2D eigenvalue weighted by atomic mass is 10.4. The SMILES string of the molecule is I.NC(=NCCCn1ccnc1)NC1CC1. The predicted octanol–water partition coefficient (Wildman–Crippen LogP) is 0.958. The highest BCUT2D eigenvalue weighted by Gasteiger charge is 2.21. The van der Waals surface area contributed by atoms with Crippen LogP contribution in [0.1, 0.15) is 19.3 Å². The fraction of sp³-hybridized carbons (Fsp3) is 0.600. The highest BCUT2D eigenvalue weighted by Crippen LogP contribution is 2.17. The number of nitrogens with zero attached hydrogens (tertiary/aromatic N) is 3. The Morgan fingerprint density at radius 1 is 1.56 bits per heavy atom. The molecule has 5 nitrogen and oxygen atoms in total. The summed E-state index contributed by atoms with van der Waals surface area (Å²) in [6, 6.07) is 0.586. The molecule has 1 aromatic rings. The van der Waals surface area contributed by atoms with Crippen LogP contribution in [0.5, 0.6) is 0 Å². The monoisotopic (exact) mass is 335 g/mol. The largest absolute Gasteiger partial charge is 0.370 e. The van der Waals surface area contributed by atoms with Crippen LogP contribution >= 0.6 is 24.0 Å². The van der Waals surface area contributed by atoms with E-state index in [9.17, 15) is 0 Å². The first-order valence-corrected chi connectivity index (χ1v) is 5.37. The quantitative estimate of drug-likeness (QED) is 0.365. The third-order valence-electron chi connectivity index (χ3n) is 2.35. The molecule has 1 aromatic heterocycles. The van der Waals surface area contributed by atoms with Crippen LogP contribution < -0.4 is 11.1 Å². The zero-order valence-corrected chi connectivity index (χ0v) is 11.5. The van der Waals surface area contributed by atoms with E-state index in [4.69, 9.17) is 5.73 Å². The molecule has 1 aliphatic carbocycles. The molecule has 0 unspecified atom stereocenters. The molecule has 1 aliphatic rings. The minimum absolute atomic E-state index is 0. The van der Waals surface area contributed by atoms with Crippen molar-refractivity contribution >= 4 is 29.9 Å². The highest BCUT2D eigenvalue weighted by atomic mass is 127. The predicted molar refractivity (Wildman–Crippen MR) is 74.9 cm³/mol. The van der Waals surface area contributed by atoms with E-state index in [-0.39, 0.29) is 24.0 Å². The van der Waals surface area contributed by atoms with E-state index in [0.29, 0.717) is 12.0 Å². The van der Waals surface area contributed by atoms with Gasteiger partial charge < -0.3 is 15.6 Å². The van der Waals surface area contributed by atoms with E-state index in [1.807, 2.05) is 17.1 Å². The van der Waals surface area contributed by atoms with Gasteiger partial charge in [-0.1, -0.05) is 0 Å². The summed E-state index contributed by atoms with van der Waals surface area (Å²) >= 11 is 0. The molecule has 1 fully saturated rings. The molecule has 0 aliphatic heterocycles. The Balaban J connectivity index is 0.00000128. The second-order valence-corrected chi connectivity index (χ2v) is 3.84. The molecule has 1 saturated carbocycles. The van der Waals surface area contributed by atoms with Crippen LogP contribution in [0.2, 0.25) is 0 Å². The normalized spacial score (nSPS) is 15.6. The number of aromatic nitrogens is 2. The van der Waals surface area contributed by atoms with Gasteiger partial charge in [-0.15, -0.1) is 24.0 Å². The van der Waals surface area contributed by atoms with E-state index in [0.717, 1.165) is 19.5 Å². The molecule has 6 heteroatoms. The van der Waals surface area contributed by atoms with Crippen molar-refractivity contribution in [3.8, 4) is 0 Å². The number of nitrogens with two attached hydrogens (primary N) is 1. The van der Waals surface area contributed by atoms with Crippen molar-refractivity contribution in [2.75, 3.05) is 6.54 Å². The molecule has 0 radical (unpaired) electrons. The van der Waals surface area contributed by atoms with Crippen LogP contribution in [0, 0.1) is 0 Å². The minimum atomic E-state index is 0. The van der Waals surface area contributed by atoms with Gasteiger partial charge in [0.05, 0.1) is 6.33 Å².